The van der Waals surface area contributed by atoms with Crippen LogP contribution in [0.5, 0.6) is 0 Å². The summed E-state index contributed by atoms with van der Waals surface area (Å²) in [7, 11) is 1.94. The van der Waals surface area contributed by atoms with E-state index in [1.165, 1.54) is 0 Å². The number of aryl methyl sites for hydroxylation is 1. The molecule has 0 aliphatic heterocycles. The van der Waals surface area contributed by atoms with Crippen LogP contribution in [0.2, 0.25) is 0 Å². The lowest BCUT2D eigenvalue weighted by Gasteiger charge is -2.14. The highest BCUT2D eigenvalue weighted by Gasteiger charge is 2.30. The summed E-state index contributed by atoms with van der Waals surface area (Å²) in [5.41, 5.74) is 4.93. The molecule has 1 fully saturated rings. The van der Waals surface area contributed by atoms with Crippen LogP contribution in [0.4, 0.5) is 5.82 Å². The van der Waals surface area contributed by atoms with Gasteiger partial charge in [-0.1, -0.05) is 36.4 Å². The molecule has 6 rings (SSSR count). The number of benzene rings is 2. The van der Waals surface area contributed by atoms with Crippen molar-refractivity contribution in [2.45, 2.75) is 25.8 Å². The van der Waals surface area contributed by atoms with E-state index in [1.807, 2.05) is 85.5 Å². The molecule has 2 N–H and O–H groups in total. The minimum Gasteiger partial charge on any atom is -0.350 e. The van der Waals surface area contributed by atoms with Gasteiger partial charge in [0.05, 0.1) is 17.3 Å². The fourth-order valence-corrected chi connectivity index (χ4v) is 4.51. The van der Waals surface area contributed by atoms with Crippen LogP contribution in [0.25, 0.3) is 27.8 Å². The number of carbonyl (C=O) groups excluding carboxylic acids is 2. The fraction of sp³-hybridized carbons (Fsp3) is 0.214. The highest BCUT2D eigenvalue weighted by molar-refractivity contribution is 6.08. The van der Waals surface area contributed by atoms with Crippen molar-refractivity contribution in [1.82, 2.24) is 24.5 Å². The van der Waals surface area contributed by atoms with E-state index in [9.17, 15) is 9.59 Å². The Morgan fingerprint density at radius 1 is 1.06 bits per heavy atom. The SMILES string of the molecule is CC(NC(=O)c1cn(C)c2ccc(-c3ccn4nc(NC(=O)C5CC5)cc4n3)cc12)c1ccccc1. The standard InChI is InChI=1S/C28H26N6O2/c1-17(18-6-4-3-5-7-18)29-28(36)22-16-33(2)24-11-10-20(14-21(22)24)23-12-13-34-26(30-23)15-25(32-34)31-27(35)19-8-9-19/h3-7,10-17,19H,8-9H2,1-2H3,(H,29,36)(H,31,32,35). The molecular weight excluding hydrogens is 452 g/mol. The molecule has 0 saturated heterocycles. The Hall–Kier alpha value is -4.46. The Labute approximate surface area is 208 Å². The lowest BCUT2D eigenvalue weighted by Crippen LogP contribution is -2.26. The molecule has 8 nitrogen and oxygen atoms in total. The molecule has 1 unspecified atom stereocenters. The van der Waals surface area contributed by atoms with Gasteiger partial charge in [-0.2, -0.15) is 0 Å². The Morgan fingerprint density at radius 3 is 2.64 bits per heavy atom. The second-order valence-corrected chi connectivity index (χ2v) is 9.40. The molecule has 0 radical (unpaired) electrons. The highest BCUT2D eigenvalue weighted by Crippen LogP contribution is 2.31. The third-order valence-corrected chi connectivity index (χ3v) is 6.70. The summed E-state index contributed by atoms with van der Waals surface area (Å²) in [6.07, 6.45) is 5.57. The number of nitrogens with one attached hydrogen (secondary N) is 2. The number of fused-ring (bicyclic) bond motifs is 2. The van der Waals surface area contributed by atoms with Crippen molar-refractivity contribution in [3.05, 3.63) is 84.2 Å². The molecule has 3 heterocycles. The topological polar surface area (TPSA) is 93.3 Å². The molecule has 1 saturated carbocycles. The average Bonchev–Trinajstić information content (AvgIpc) is 3.59. The van der Waals surface area contributed by atoms with Crippen LogP contribution in [0.3, 0.4) is 0 Å². The monoisotopic (exact) mass is 478 g/mol. The van der Waals surface area contributed by atoms with Gasteiger partial charge < -0.3 is 15.2 Å². The molecule has 2 aromatic carbocycles. The minimum absolute atomic E-state index is 0.0144. The number of hydrogen-bond acceptors (Lipinski definition) is 4. The summed E-state index contributed by atoms with van der Waals surface area (Å²) in [5.74, 6) is 0.504. The summed E-state index contributed by atoms with van der Waals surface area (Å²) in [6, 6.07) is 19.5. The van der Waals surface area contributed by atoms with E-state index in [-0.39, 0.29) is 23.8 Å². The fourth-order valence-electron chi connectivity index (χ4n) is 4.51. The molecule has 0 bridgehead atoms. The zero-order chi connectivity index (χ0) is 24.8. The van der Waals surface area contributed by atoms with Gasteiger partial charge in [0, 0.05) is 47.9 Å². The van der Waals surface area contributed by atoms with Crippen LogP contribution in [0.1, 0.15) is 41.7 Å². The quantitative estimate of drug-likeness (QED) is 0.369. The molecule has 180 valence electrons. The van der Waals surface area contributed by atoms with Gasteiger partial charge in [-0.05, 0) is 43.5 Å². The summed E-state index contributed by atoms with van der Waals surface area (Å²) in [6.45, 7) is 1.98. The molecule has 2 amide bonds. The Bertz CT molecular complexity index is 1610. The van der Waals surface area contributed by atoms with E-state index in [4.69, 9.17) is 4.98 Å². The van der Waals surface area contributed by atoms with E-state index in [1.54, 1.807) is 10.6 Å². The van der Waals surface area contributed by atoms with Crippen LogP contribution in [0, 0.1) is 5.92 Å². The number of anilines is 1. The van der Waals surface area contributed by atoms with Gasteiger partial charge in [-0.15, -0.1) is 5.10 Å². The normalized spacial score (nSPS) is 14.2. The average molecular weight is 479 g/mol. The van der Waals surface area contributed by atoms with Crippen molar-refractivity contribution in [1.29, 1.82) is 0 Å². The highest BCUT2D eigenvalue weighted by atomic mass is 16.2. The largest absolute Gasteiger partial charge is 0.350 e. The minimum atomic E-state index is -0.121. The predicted octanol–water partition coefficient (Wildman–Crippen LogP) is 4.73. The lowest BCUT2D eigenvalue weighted by atomic mass is 10.1. The molecule has 1 aliphatic rings. The van der Waals surface area contributed by atoms with Crippen molar-refractivity contribution in [2.75, 3.05) is 5.32 Å². The van der Waals surface area contributed by atoms with Crippen molar-refractivity contribution in [3.8, 4) is 11.3 Å². The van der Waals surface area contributed by atoms with Gasteiger partial charge in [-0.3, -0.25) is 9.59 Å². The van der Waals surface area contributed by atoms with Crippen LogP contribution in [0.15, 0.2) is 73.1 Å². The molecule has 0 spiro atoms. The number of nitrogens with zero attached hydrogens (tertiary/aromatic N) is 4. The maximum Gasteiger partial charge on any atom is 0.253 e. The van der Waals surface area contributed by atoms with E-state index >= 15 is 0 Å². The molecular formula is C28H26N6O2. The molecule has 3 aromatic heterocycles. The van der Waals surface area contributed by atoms with E-state index < -0.39 is 0 Å². The van der Waals surface area contributed by atoms with Gasteiger partial charge >= 0.3 is 0 Å². The summed E-state index contributed by atoms with van der Waals surface area (Å²) < 4.78 is 3.61. The zero-order valence-electron chi connectivity index (χ0n) is 20.1. The molecule has 1 atom stereocenters. The second-order valence-electron chi connectivity index (χ2n) is 9.40. The van der Waals surface area contributed by atoms with Crippen molar-refractivity contribution in [3.63, 3.8) is 0 Å². The van der Waals surface area contributed by atoms with E-state index in [0.717, 1.165) is 40.6 Å². The van der Waals surface area contributed by atoms with Crippen molar-refractivity contribution < 1.29 is 9.59 Å². The maximum absolute atomic E-state index is 13.2. The van der Waals surface area contributed by atoms with Crippen LogP contribution >= 0.6 is 0 Å². The second kappa shape index (κ2) is 8.64. The van der Waals surface area contributed by atoms with Crippen LogP contribution in [-0.2, 0) is 11.8 Å². The predicted molar refractivity (Wildman–Crippen MR) is 139 cm³/mol. The molecule has 36 heavy (non-hydrogen) atoms. The van der Waals surface area contributed by atoms with Gasteiger partial charge in [-0.25, -0.2) is 9.50 Å². The molecule has 1 aliphatic carbocycles. The number of carbonyl (C=O) groups is 2. The number of aromatic nitrogens is 4. The Morgan fingerprint density at radius 2 is 1.86 bits per heavy atom. The maximum atomic E-state index is 13.2. The number of amides is 2. The number of rotatable bonds is 6. The Balaban J connectivity index is 1.30. The summed E-state index contributed by atoms with van der Waals surface area (Å²) in [5, 5.41) is 11.3. The Kier molecular flexibility index (Phi) is 5.29. The van der Waals surface area contributed by atoms with Crippen LogP contribution < -0.4 is 10.6 Å². The lowest BCUT2D eigenvalue weighted by molar-refractivity contribution is -0.117. The van der Waals surface area contributed by atoms with Gasteiger partial charge in [0.15, 0.2) is 11.5 Å². The first-order valence-corrected chi connectivity index (χ1v) is 12.1. The van der Waals surface area contributed by atoms with E-state index in [2.05, 4.69) is 15.7 Å². The molecule has 5 aromatic rings. The first kappa shape index (κ1) is 22.0. The first-order valence-electron chi connectivity index (χ1n) is 12.1. The zero-order valence-corrected chi connectivity index (χ0v) is 20.1. The van der Waals surface area contributed by atoms with Crippen molar-refractivity contribution >= 4 is 34.2 Å². The number of hydrogen-bond donors (Lipinski definition) is 2. The third-order valence-electron chi connectivity index (χ3n) is 6.70. The van der Waals surface area contributed by atoms with Gasteiger partial charge in [0.2, 0.25) is 5.91 Å². The first-order chi connectivity index (χ1) is 17.5. The molecule has 8 heteroatoms. The van der Waals surface area contributed by atoms with Gasteiger partial charge in [0.1, 0.15) is 0 Å². The third kappa shape index (κ3) is 4.11. The van der Waals surface area contributed by atoms with Gasteiger partial charge in [0.25, 0.3) is 5.91 Å². The summed E-state index contributed by atoms with van der Waals surface area (Å²) >= 11 is 0. The van der Waals surface area contributed by atoms with Crippen LogP contribution in [-0.4, -0.2) is 31.0 Å². The van der Waals surface area contributed by atoms with E-state index in [0.29, 0.717) is 17.0 Å². The van der Waals surface area contributed by atoms with Crippen molar-refractivity contribution in [2.24, 2.45) is 13.0 Å². The summed E-state index contributed by atoms with van der Waals surface area (Å²) in [4.78, 5) is 30.1. The smallest absolute Gasteiger partial charge is 0.253 e.